The number of hydrogen-bond acceptors (Lipinski definition) is 7. The summed E-state index contributed by atoms with van der Waals surface area (Å²) < 4.78 is 5.58. The van der Waals surface area contributed by atoms with Gasteiger partial charge in [-0.2, -0.15) is 12.6 Å². The van der Waals surface area contributed by atoms with Crippen molar-refractivity contribution < 1.29 is 34.1 Å². The minimum atomic E-state index is -1.20. The molecule has 0 bridgehead atoms. The lowest BCUT2D eigenvalue weighted by Gasteiger charge is -2.31. The Labute approximate surface area is 262 Å². The number of carboxylic acids is 1. The summed E-state index contributed by atoms with van der Waals surface area (Å²) in [5, 5.41) is 24.7. The summed E-state index contributed by atoms with van der Waals surface area (Å²) in [5.74, 6) is -2.97. The van der Waals surface area contributed by atoms with E-state index in [1.165, 1.54) is 17.0 Å². The first-order valence-corrected chi connectivity index (χ1v) is 15.0. The number of ether oxygens (including phenoxy) is 1. The Morgan fingerprint density at radius 3 is 1.98 bits per heavy atom. The van der Waals surface area contributed by atoms with Crippen molar-refractivity contribution in [3.8, 4) is 5.75 Å². The van der Waals surface area contributed by atoms with Crippen LogP contribution in [0.15, 0.2) is 84.9 Å². The quantitative estimate of drug-likeness (QED) is 0.160. The minimum absolute atomic E-state index is 0.00112. The Kier molecular flexibility index (Phi) is 13.1. The topological polar surface area (TPSA) is 145 Å². The summed E-state index contributed by atoms with van der Waals surface area (Å²) in [6, 6.07) is 20.8. The van der Waals surface area contributed by atoms with Crippen molar-refractivity contribution in [2.45, 2.75) is 58.0 Å². The lowest BCUT2D eigenvalue weighted by molar-refractivity contribution is -0.143. The van der Waals surface area contributed by atoms with Crippen LogP contribution in [-0.4, -0.2) is 62.9 Å². The standard InChI is InChI=1S/C33H39N3O7S/c1-3-22(2)29(32(40)41)35-30(38)27(18-23-14-16-26(37)17-15-23)34-31(39)28(21-44)36(19-24-10-6-4-7-11-24)33(42)43-20-25-12-8-5-9-13-25/h4-17,22,27-29,37,44H,3,18-21H2,1-2H3,(H,34,39)(H,35,38)(H,40,41). The van der Waals surface area contributed by atoms with Crippen molar-refractivity contribution in [3.05, 3.63) is 102 Å². The van der Waals surface area contributed by atoms with Crippen LogP contribution in [0.4, 0.5) is 4.79 Å². The van der Waals surface area contributed by atoms with Crippen LogP contribution in [0.2, 0.25) is 0 Å². The van der Waals surface area contributed by atoms with E-state index in [1.54, 1.807) is 19.1 Å². The van der Waals surface area contributed by atoms with Crippen LogP contribution in [0.3, 0.4) is 0 Å². The number of carbonyl (C=O) groups is 4. The Morgan fingerprint density at radius 2 is 1.43 bits per heavy atom. The van der Waals surface area contributed by atoms with E-state index in [2.05, 4.69) is 23.3 Å². The van der Waals surface area contributed by atoms with E-state index < -0.39 is 42.0 Å². The van der Waals surface area contributed by atoms with Gasteiger partial charge in [0.05, 0.1) is 0 Å². The van der Waals surface area contributed by atoms with Crippen LogP contribution in [0, 0.1) is 5.92 Å². The minimum Gasteiger partial charge on any atom is -0.508 e. The second-order valence-electron chi connectivity index (χ2n) is 10.5. The van der Waals surface area contributed by atoms with Crippen LogP contribution >= 0.6 is 12.6 Å². The van der Waals surface area contributed by atoms with Gasteiger partial charge in [-0.25, -0.2) is 9.59 Å². The number of aromatic hydroxyl groups is 1. The van der Waals surface area contributed by atoms with Crippen molar-refractivity contribution in [2.24, 2.45) is 5.92 Å². The normalized spacial score (nSPS) is 13.5. The molecular formula is C33H39N3O7S. The largest absolute Gasteiger partial charge is 0.508 e. The second-order valence-corrected chi connectivity index (χ2v) is 10.9. The van der Waals surface area contributed by atoms with Gasteiger partial charge in [-0.05, 0) is 34.7 Å². The second kappa shape index (κ2) is 17.0. The van der Waals surface area contributed by atoms with Gasteiger partial charge in [0.1, 0.15) is 30.5 Å². The van der Waals surface area contributed by atoms with Gasteiger partial charge in [0.15, 0.2) is 0 Å². The van der Waals surface area contributed by atoms with Gasteiger partial charge < -0.3 is 25.6 Å². The Bertz CT molecular complexity index is 1370. The van der Waals surface area contributed by atoms with Gasteiger partial charge in [-0.3, -0.25) is 14.5 Å². The highest BCUT2D eigenvalue weighted by Crippen LogP contribution is 2.16. The van der Waals surface area contributed by atoms with Gasteiger partial charge in [0.2, 0.25) is 11.8 Å². The zero-order chi connectivity index (χ0) is 32.1. The maximum absolute atomic E-state index is 13.8. The molecule has 0 aromatic heterocycles. The van der Waals surface area contributed by atoms with Crippen molar-refractivity contribution >= 4 is 36.5 Å². The Hall–Kier alpha value is -4.51. The highest BCUT2D eigenvalue weighted by Gasteiger charge is 2.34. The third-order valence-electron chi connectivity index (χ3n) is 7.27. The van der Waals surface area contributed by atoms with Gasteiger partial charge >= 0.3 is 12.1 Å². The molecule has 0 aliphatic heterocycles. The fraction of sp³-hybridized carbons (Fsp3) is 0.333. The van der Waals surface area contributed by atoms with E-state index in [-0.39, 0.29) is 37.0 Å². The molecule has 0 aliphatic carbocycles. The lowest BCUT2D eigenvalue weighted by atomic mass is 9.98. The number of carboxylic acid groups (broad SMARTS) is 1. The molecule has 3 aromatic carbocycles. The van der Waals surface area contributed by atoms with E-state index in [9.17, 15) is 29.4 Å². The molecule has 0 spiro atoms. The third kappa shape index (κ3) is 10.0. The number of carbonyl (C=O) groups excluding carboxylic acids is 3. The smallest absolute Gasteiger partial charge is 0.411 e. The number of hydrogen-bond donors (Lipinski definition) is 5. The number of rotatable bonds is 15. The monoisotopic (exact) mass is 621 g/mol. The predicted octanol–water partition coefficient (Wildman–Crippen LogP) is 4.17. The summed E-state index contributed by atoms with van der Waals surface area (Å²) in [5.41, 5.74) is 2.14. The number of nitrogens with one attached hydrogen (secondary N) is 2. The highest BCUT2D eigenvalue weighted by atomic mass is 32.1. The number of aliphatic carboxylic acids is 1. The number of benzene rings is 3. The zero-order valence-corrected chi connectivity index (χ0v) is 25.7. The summed E-state index contributed by atoms with van der Waals surface area (Å²) in [6.07, 6.45) is -0.233. The van der Waals surface area contributed by atoms with Crippen molar-refractivity contribution in [3.63, 3.8) is 0 Å². The average molecular weight is 622 g/mol. The maximum atomic E-state index is 13.8. The third-order valence-corrected chi connectivity index (χ3v) is 7.62. The molecule has 0 heterocycles. The molecule has 0 aliphatic rings. The van der Waals surface area contributed by atoms with E-state index in [0.29, 0.717) is 12.0 Å². The molecule has 0 fully saturated rings. The number of phenols is 1. The van der Waals surface area contributed by atoms with E-state index >= 15 is 0 Å². The molecule has 4 N–H and O–H groups in total. The molecule has 4 atom stereocenters. The summed E-state index contributed by atoms with van der Waals surface area (Å²) in [4.78, 5) is 53.9. The average Bonchev–Trinajstić information content (AvgIpc) is 3.03. The van der Waals surface area contributed by atoms with Gasteiger partial charge in [0, 0.05) is 18.7 Å². The Balaban J connectivity index is 1.88. The van der Waals surface area contributed by atoms with E-state index in [1.807, 2.05) is 67.6 Å². The molecule has 0 saturated heterocycles. The van der Waals surface area contributed by atoms with E-state index in [0.717, 1.165) is 11.1 Å². The lowest BCUT2D eigenvalue weighted by Crippen LogP contribution is -2.58. The van der Waals surface area contributed by atoms with Crippen LogP contribution in [-0.2, 0) is 38.7 Å². The van der Waals surface area contributed by atoms with Crippen LogP contribution in [0.25, 0.3) is 0 Å². The molecule has 3 rings (SSSR count). The molecule has 10 nitrogen and oxygen atoms in total. The number of phenolic OH excluding ortho intramolecular Hbond substituents is 1. The van der Waals surface area contributed by atoms with Crippen molar-refractivity contribution in [2.75, 3.05) is 5.75 Å². The first-order valence-electron chi connectivity index (χ1n) is 14.4. The Morgan fingerprint density at radius 1 is 0.841 bits per heavy atom. The predicted molar refractivity (Wildman–Crippen MR) is 169 cm³/mol. The van der Waals surface area contributed by atoms with Gasteiger partial charge in [-0.15, -0.1) is 0 Å². The summed E-state index contributed by atoms with van der Waals surface area (Å²) >= 11 is 4.38. The molecule has 11 heteroatoms. The number of amides is 3. The zero-order valence-electron chi connectivity index (χ0n) is 24.8. The van der Waals surface area contributed by atoms with Crippen LogP contribution in [0.5, 0.6) is 5.75 Å². The fourth-order valence-corrected chi connectivity index (χ4v) is 4.85. The molecule has 3 aromatic rings. The van der Waals surface area contributed by atoms with Crippen molar-refractivity contribution in [1.29, 1.82) is 0 Å². The van der Waals surface area contributed by atoms with Crippen molar-refractivity contribution in [1.82, 2.24) is 15.5 Å². The van der Waals surface area contributed by atoms with E-state index in [4.69, 9.17) is 4.74 Å². The molecule has 0 saturated carbocycles. The molecule has 4 unspecified atom stereocenters. The highest BCUT2D eigenvalue weighted by molar-refractivity contribution is 7.80. The molecule has 44 heavy (non-hydrogen) atoms. The molecule has 234 valence electrons. The van der Waals surface area contributed by atoms with Crippen LogP contribution in [0.1, 0.15) is 37.0 Å². The molecule has 3 amide bonds. The summed E-state index contributed by atoms with van der Waals surface area (Å²) in [7, 11) is 0. The maximum Gasteiger partial charge on any atom is 0.411 e. The molecular weight excluding hydrogens is 582 g/mol. The van der Waals surface area contributed by atoms with Crippen LogP contribution < -0.4 is 10.6 Å². The van der Waals surface area contributed by atoms with Gasteiger partial charge in [0.25, 0.3) is 0 Å². The fourth-order valence-electron chi connectivity index (χ4n) is 4.49. The summed E-state index contributed by atoms with van der Waals surface area (Å²) in [6.45, 7) is 3.56. The first-order chi connectivity index (χ1) is 21.1. The molecule has 0 radical (unpaired) electrons. The first kappa shape index (κ1) is 34.0. The van der Waals surface area contributed by atoms with Gasteiger partial charge in [-0.1, -0.05) is 93.1 Å². The number of thiol groups is 1. The number of nitrogens with zero attached hydrogens (tertiary/aromatic N) is 1. The SMILES string of the molecule is CCC(C)C(NC(=O)C(Cc1ccc(O)cc1)NC(=O)C(CS)N(Cc1ccccc1)C(=O)OCc1ccccc1)C(=O)O.